The lowest BCUT2D eigenvalue weighted by Crippen LogP contribution is -2.52. The maximum Gasteiger partial charge on any atom is 0.335 e. The summed E-state index contributed by atoms with van der Waals surface area (Å²) in [6.45, 7) is 8.07. The number of amides is 7. The van der Waals surface area contributed by atoms with E-state index in [0.717, 1.165) is 5.56 Å². The van der Waals surface area contributed by atoms with Crippen LogP contribution < -0.4 is 26.6 Å². The molecule has 2 rings (SSSR count). The van der Waals surface area contributed by atoms with Crippen molar-refractivity contribution < 1.29 is 92.3 Å². The summed E-state index contributed by atoms with van der Waals surface area (Å²) >= 11 is 0. The Morgan fingerprint density at radius 1 is 0.647 bits per heavy atom. The molecule has 2 atom stereocenters. The maximum atomic E-state index is 12.8. The van der Waals surface area contributed by atoms with Gasteiger partial charge in [0.1, 0.15) is 12.1 Å². The molecule has 1 aliphatic rings. The fourth-order valence-electron chi connectivity index (χ4n) is 4.85. The van der Waals surface area contributed by atoms with Crippen LogP contribution in [0.5, 0.6) is 0 Å². The van der Waals surface area contributed by atoms with Crippen LogP contribution in [0.25, 0.3) is 0 Å². The Morgan fingerprint density at radius 2 is 1.18 bits per heavy atom. The van der Waals surface area contributed by atoms with Gasteiger partial charge < -0.3 is 61.3 Å². The van der Waals surface area contributed by atoms with E-state index in [9.17, 15) is 62.6 Å². The molecule has 1 heterocycles. The number of nitrogens with zero attached hydrogens (tertiary/aromatic N) is 1. The van der Waals surface area contributed by atoms with Crippen molar-refractivity contribution in [3.8, 4) is 0 Å². The monoisotopic (exact) mass is 970 g/mol. The van der Waals surface area contributed by atoms with Gasteiger partial charge >= 0.3 is 29.8 Å². The predicted molar refractivity (Wildman–Crippen MR) is 237 cm³/mol. The number of unbranched alkanes of at least 4 members (excludes halogenated alkanes) is 1. The molecule has 0 aromatic heterocycles. The Hall–Kier alpha value is -7.02. The summed E-state index contributed by atoms with van der Waals surface area (Å²) in [5.41, 5.74) is 1.42. The van der Waals surface area contributed by atoms with Crippen LogP contribution in [0.3, 0.4) is 0 Å². The van der Waals surface area contributed by atoms with Crippen molar-refractivity contribution in [1.82, 2.24) is 31.6 Å². The molecule has 25 heteroatoms. The van der Waals surface area contributed by atoms with Crippen molar-refractivity contribution in [2.75, 3.05) is 46.1 Å². The molecule has 1 saturated heterocycles. The van der Waals surface area contributed by atoms with Crippen LogP contribution in [-0.2, 0) is 67.1 Å². The smallest absolute Gasteiger partial charge is 0.335 e. The van der Waals surface area contributed by atoms with E-state index in [1.165, 1.54) is 0 Å². The predicted octanol–water partition coefficient (Wildman–Crippen LogP) is 0.455. The molecule has 0 aliphatic carbocycles. The minimum atomic E-state index is -1.40. The fraction of sp³-hybridized carbons (Fsp3) is 0.581. The number of carboxylic acids is 4. The fourth-order valence-corrected chi connectivity index (χ4v) is 4.85. The molecule has 1 fully saturated rings. The third-order valence-electron chi connectivity index (χ3n) is 8.39. The minimum absolute atomic E-state index is 0.0216. The van der Waals surface area contributed by atoms with Crippen LogP contribution in [0.1, 0.15) is 114 Å². The molecule has 0 radical (unpaired) electrons. The molecule has 9 N–H and O–H groups in total. The second-order valence-corrected chi connectivity index (χ2v) is 13.9. The van der Waals surface area contributed by atoms with E-state index in [1.54, 1.807) is 32.0 Å². The van der Waals surface area contributed by atoms with Crippen LogP contribution in [0.2, 0.25) is 0 Å². The molecule has 0 saturated carbocycles. The highest BCUT2D eigenvalue weighted by molar-refractivity contribution is 6.01. The van der Waals surface area contributed by atoms with Crippen LogP contribution in [-0.4, -0.2) is 155 Å². The second kappa shape index (κ2) is 38.1. The van der Waals surface area contributed by atoms with Crippen molar-refractivity contribution in [2.24, 2.45) is 0 Å². The van der Waals surface area contributed by atoms with E-state index in [1.807, 2.05) is 26.8 Å². The number of ether oxygens (including phenoxy) is 2. The number of hydroxylamine groups is 2. The first kappa shape index (κ1) is 63.1. The highest BCUT2D eigenvalue weighted by Gasteiger charge is 2.32. The lowest BCUT2D eigenvalue weighted by molar-refractivity contribution is -0.198. The summed E-state index contributed by atoms with van der Waals surface area (Å²) < 4.78 is 10.5. The average molecular weight is 971 g/mol. The number of aliphatic carboxylic acids is 4. The lowest BCUT2D eigenvalue weighted by Gasteiger charge is -2.19. The quantitative estimate of drug-likeness (QED) is 0.0389. The molecule has 1 aromatic rings. The number of hydrogen-bond acceptors (Lipinski definition) is 15. The van der Waals surface area contributed by atoms with Crippen molar-refractivity contribution in [3.63, 3.8) is 0 Å². The number of nitrogens with one attached hydrogen (secondary N) is 5. The van der Waals surface area contributed by atoms with Crippen molar-refractivity contribution >= 4 is 71.2 Å². The summed E-state index contributed by atoms with van der Waals surface area (Å²) in [5, 5.41) is 46.4. The van der Waals surface area contributed by atoms with Gasteiger partial charge in [0, 0.05) is 50.6 Å². The van der Waals surface area contributed by atoms with E-state index in [4.69, 9.17) is 29.6 Å². The van der Waals surface area contributed by atoms with Crippen molar-refractivity contribution in [3.05, 3.63) is 35.4 Å². The molecule has 68 heavy (non-hydrogen) atoms. The maximum absolute atomic E-state index is 12.8. The van der Waals surface area contributed by atoms with E-state index in [-0.39, 0.29) is 90.2 Å². The van der Waals surface area contributed by atoms with Gasteiger partial charge in [0.25, 0.3) is 17.7 Å². The second-order valence-electron chi connectivity index (χ2n) is 13.9. The van der Waals surface area contributed by atoms with Crippen LogP contribution >= 0.6 is 0 Å². The molecule has 7 amide bonds. The van der Waals surface area contributed by atoms with Gasteiger partial charge in [-0.15, -0.1) is 5.06 Å². The first-order chi connectivity index (χ1) is 32.2. The molecular formula is C43H66N6O19. The Balaban J connectivity index is 0. The standard InChI is InChI=1S/C35H48N6O15.2C3H6O2.C2H6/c1-22-5-4-6-23(19-22)33(50)36-14-3-2-7-25(35(52)53)40-28(44)21-38-34(51)24(8-11-31(47)48)39-27(43)20-37-26(42)12-15-54-17-18-55-16-13-32(49)56-41-29(45)9-10-30(41)46;2*1-2-3(4)5;1-2/h4-6,19,24-25H,2-3,7-18,20-21H2,1H3,(H,36,50)(H,37,42)(H,38,51)(H,39,43)(H,40,44)(H,47,48)(H,52,53);2*2H2,1H3,(H,4,5);1-2H3. The highest BCUT2D eigenvalue weighted by Crippen LogP contribution is 2.12. The third kappa shape index (κ3) is 32.6. The number of aryl methyl sites for hydroxylation is 1. The Bertz CT molecular complexity index is 1790. The van der Waals surface area contributed by atoms with Crippen LogP contribution in [0.15, 0.2) is 24.3 Å². The summed E-state index contributed by atoms with van der Waals surface area (Å²) in [5.74, 6) is -9.52. The Morgan fingerprint density at radius 3 is 1.69 bits per heavy atom. The summed E-state index contributed by atoms with van der Waals surface area (Å²) in [4.78, 5) is 143. The van der Waals surface area contributed by atoms with Gasteiger partial charge in [0.2, 0.25) is 23.6 Å². The molecule has 1 aliphatic heterocycles. The molecule has 0 bridgehead atoms. The van der Waals surface area contributed by atoms with E-state index < -0.39 is 96.9 Å². The molecule has 0 spiro atoms. The molecular weight excluding hydrogens is 904 g/mol. The number of rotatable bonds is 29. The zero-order valence-electron chi connectivity index (χ0n) is 39.1. The first-order valence-electron chi connectivity index (χ1n) is 21.8. The normalized spacial score (nSPS) is 12.1. The first-order valence-corrected chi connectivity index (χ1v) is 21.8. The highest BCUT2D eigenvalue weighted by atomic mass is 16.7. The third-order valence-corrected chi connectivity index (χ3v) is 8.39. The topological polar surface area (TPSA) is 377 Å². The van der Waals surface area contributed by atoms with Gasteiger partial charge in [-0.2, -0.15) is 0 Å². The van der Waals surface area contributed by atoms with Crippen molar-refractivity contribution in [1.29, 1.82) is 0 Å². The Labute approximate surface area is 393 Å². The molecule has 2 unspecified atom stereocenters. The van der Waals surface area contributed by atoms with Gasteiger partial charge in [-0.25, -0.2) is 9.59 Å². The van der Waals surface area contributed by atoms with Crippen LogP contribution in [0.4, 0.5) is 0 Å². The number of imide groups is 1. The van der Waals surface area contributed by atoms with Gasteiger partial charge in [-0.05, 0) is 44.7 Å². The summed E-state index contributed by atoms with van der Waals surface area (Å²) in [7, 11) is 0. The number of hydrogen-bond donors (Lipinski definition) is 9. The SMILES string of the molecule is CC.CCC(=O)O.CCC(=O)O.Cc1cccc(C(=O)NCCCCC(NC(=O)CNC(=O)C(CCC(=O)O)NC(=O)CNC(=O)CCOCCOCCC(=O)ON2C(=O)CCC2=O)C(=O)O)c1. The van der Waals surface area contributed by atoms with Gasteiger partial charge in [0.15, 0.2) is 0 Å². The average Bonchev–Trinajstić information content (AvgIpc) is 3.61. The van der Waals surface area contributed by atoms with E-state index >= 15 is 0 Å². The largest absolute Gasteiger partial charge is 0.481 e. The summed E-state index contributed by atoms with van der Waals surface area (Å²) in [6.07, 6.45) is -0.0283. The number of carbonyl (C=O) groups excluding carboxylic acids is 8. The van der Waals surface area contributed by atoms with Gasteiger partial charge in [0.05, 0.1) is 45.9 Å². The summed E-state index contributed by atoms with van der Waals surface area (Å²) in [6, 6.07) is 4.33. The van der Waals surface area contributed by atoms with Gasteiger partial charge in [-0.1, -0.05) is 45.4 Å². The van der Waals surface area contributed by atoms with Gasteiger partial charge in [-0.3, -0.25) is 47.9 Å². The molecule has 25 nitrogen and oxygen atoms in total. The Kier molecular flexibility index (Phi) is 35.4. The minimum Gasteiger partial charge on any atom is -0.481 e. The molecule has 1 aromatic carbocycles. The van der Waals surface area contributed by atoms with E-state index in [2.05, 4.69) is 26.6 Å². The van der Waals surface area contributed by atoms with Crippen molar-refractivity contribution in [2.45, 2.75) is 117 Å². The number of benzene rings is 1. The number of carboxylic acid groups (broad SMARTS) is 4. The van der Waals surface area contributed by atoms with E-state index in [0.29, 0.717) is 23.5 Å². The lowest BCUT2D eigenvalue weighted by atomic mass is 10.1. The number of carbonyl (C=O) groups is 12. The van der Waals surface area contributed by atoms with Crippen LogP contribution in [0, 0.1) is 6.92 Å². The molecule has 382 valence electrons. The zero-order valence-corrected chi connectivity index (χ0v) is 39.1. The zero-order chi connectivity index (χ0) is 52.0.